The predicted molar refractivity (Wildman–Crippen MR) is 83.2 cm³/mol. The maximum atomic E-state index is 12.2. The number of aryl methyl sites for hydroxylation is 1. The van der Waals surface area contributed by atoms with Crippen LogP contribution in [0.3, 0.4) is 0 Å². The van der Waals surface area contributed by atoms with Crippen LogP contribution in [0.4, 0.5) is 18.9 Å². The monoisotopic (exact) mass is 332 g/mol. The topological polar surface area (TPSA) is 41.1 Å². The van der Waals surface area contributed by atoms with E-state index in [-0.39, 0.29) is 18.4 Å². The lowest BCUT2D eigenvalue weighted by Gasteiger charge is -2.22. The third-order valence-electron chi connectivity index (χ3n) is 3.37. The number of halogens is 3. The number of alkyl halides is 3. The fourth-order valence-corrected chi connectivity index (χ4v) is 3.18. The molecule has 122 valence electrons. The van der Waals surface area contributed by atoms with E-state index in [1.807, 2.05) is 11.8 Å². The second-order valence-electron chi connectivity index (χ2n) is 5.29. The Balaban J connectivity index is 1.79. The van der Waals surface area contributed by atoms with Gasteiger partial charge in [0, 0.05) is 42.6 Å². The molecule has 2 N–H and O–H groups in total. The van der Waals surface area contributed by atoms with Gasteiger partial charge in [0.15, 0.2) is 0 Å². The molecule has 1 aromatic carbocycles. The van der Waals surface area contributed by atoms with Gasteiger partial charge in [-0.3, -0.25) is 4.79 Å². The molecule has 2 rings (SSSR count). The number of anilines is 1. The van der Waals surface area contributed by atoms with Crippen LogP contribution in [0.25, 0.3) is 0 Å². The van der Waals surface area contributed by atoms with Gasteiger partial charge < -0.3 is 10.6 Å². The van der Waals surface area contributed by atoms with Crippen molar-refractivity contribution in [3.05, 3.63) is 29.8 Å². The highest BCUT2D eigenvalue weighted by atomic mass is 32.2. The highest BCUT2D eigenvalue weighted by Gasteiger charge is 2.26. The van der Waals surface area contributed by atoms with Gasteiger partial charge in [-0.1, -0.05) is 12.1 Å². The number of carbonyl (C=O) groups excluding carboxylic acids is 1. The third kappa shape index (κ3) is 6.27. The minimum atomic E-state index is -4.14. The molecule has 1 saturated heterocycles. The summed E-state index contributed by atoms with van der Waals surface area (Å²) < 4.78 is 36.5. The number of benzene rings is 1. The number of nitrogens with one attached hydrogen (secondary N) is 2. The zero-order valence-electron chi connectivity index (χ0n) is 12.1. The van der Waals surface area contributed by atoms with Gasteiger partial charge in [0.05, 0.1) is 0 Å². The first kappa shape index (κ1) is 17.1. The highest BCUT2D eigenvalue weighted by Crippen LogP contribution is 2.22. The first-order valence-corrected chi connectivity index (χ1v) is 8.34. The van der Waals surface area contributed by atoms with Crippen molar-refractivity contribution in [2.75, 3.05) is 23.4 Å². The molecule has 1 heterocycles. The lowest BCUT2D eigenvalue weighted by Crippen LogP contribution is -2.39. The van der Waals surface area contributed by atoms with Crippen LogP contribution in [0.2, 0.25) is 0 Å². The van der Waals surface area contributed by atoms with Crippen molar-refractivity contribution in [3.63, 3.8) is 0 Å². The van der Waals surface area contributed by atoms with Crippen molar-refractivity contribution < 1.29 is 18.0 Å². The molecule has 7 heteroatoms. The summed E-state index contributed by atoms with van der Waals surface area (Å²) in [5, 5.41) is 6.07. The third-order valence-corrected chi connectivity index (χ3v) is 4.50. The van der Waals surface area contributed by atoms with E-state index in [1.165, 1.54) is 0 Å². The molecule has 1 fully saturated rings. The Bertz CT molecular complexity index is 485. The maximum absolute atomic E-state index is 12.2. The first-order valence-electron chi connectivity index (χ1n) is 7.19. The van der Waals surface area contributed by atoms with E-state index in [2.05, 4.69) is 10.6 Å². The summed E-state index contributed by atoms with van der Waals surface area (Å²) >= 11 is 1.83. The molecule has 1 aliphatic heterocycles. The summed E-state index contributed by atoms with van der Waals surface area (Å²) in [6, 6.07) is 6.72. The van der Waals surface area contributed by atoms with Gasteiger partial charge in [-0.05, 0) is 24.1 Å². The Morgan fingerprint density at radius 1 is 1.32 bits per heavy atom. The molecular formula is C15H19F3N2OS. The molecule has 0 saturated carbocycles. The van der Waals surface area contributed by atoms with Crippen molar-refractivity contribution in [3.8, 4) is 0 Å². The molecule has 0 aliphatic carbocycles. The minimum Gasteiger partial charge on any atom is -0.326 e. The molecule has 22 heavy (non-hydrogen) atoms. The van der Waals surface area contributed by atoms with Crippen molar-refractivity contribution in [2.24, 2.45) is 0 Å². The number of thioether (sulfide) groups is 1. The molecule has 1 aromatic rings. The van der Waals surface area contributed by atoms with Crippen molar-refractivity contribution in [1.82, 2.24) is 5.32 Å². The van der Waals surface area contributed by atoms with Gasteiger partial charge in [-0.2, -0.15) is 24.9 Å². The molecule has 3 nitrogen and oxygen atoms in total. The smallest absolute Gasteiger partial charge is 0.326 e. The molecule has 1 aliphatic rings. The molecule has 0 spiro atoms. The molecule has 0 radical (unpaired) electrons. The predicted octanol–water partition coefficient (Wildman–Crippen LogP) is 3.22. The summed E-state index contributed by atoms with van der Waals surface area (Å²) in [6.45, 7) is 0.913. The Hall–Kier alpha value is -1.21. The van der Waals surface area contributed by atoms with Gasteiger partial charge in [-0.15, -0.1) is 0 Å². The van der Waals surface area contributed by atoms with Crippen molar-refractivity contribution in [2.45, 2.75) is 31.5 Å². The normalized spacial score (nSPS) is 19.0. The second kappa shape index (κ2) is 7.87. The lowest BCUT2D eigenvalue weighted by atomic mass is 10.1. The van der Waals surface area contributed by atoms with E-state index >= 15 is 0 Å². The highest BCUT2D eigenvalue weighted by molar-refractivity contribution is 7.99. The van der Waals surface area contributed by atoms with Crippen LogP contribution < -0.4 is 10.6 Å². The molecular weight excluding hydrogens is 313 g/mol. The van der Waals surface area contributed by atoms with Crippen LogP contribution in [-0.4, -0.2) is 36.2 Å². The Labute approximate surface area is 132 Å². The maximum Gasteiger partial charge on any atom is 0.389 e. The van der Waals surface area contributed by atoms with Gasteiger partial charge >= 0.3 is 6.18 Å². The zero-order valence-corrected chi connectivity index (χ0v) is 12.9. The summed E-state index contributed by atoms with van der Waals surface area (Å²) in [4.78, 5) is 11.9. The lowest BCUT2D eigenvalue weighted by molar-refractivity contribution is -0.134. The van der Waals surface area contributed by atoms with E-state index in [9.17, 15) is 18.0 Å². The fourth-order valence-electron chi connectivity index (χ4n) is 2.23. The second-order valence-corrected chi connectivity index (χ2v) is 6.44. The van der Waals surface area contributed by atoms with Crippen LogP contribution in [0.1, 0.15) is 18.4 Å². The fraction of sp³-hybridized carbons (Fsp3) is 0.533. The van der Waals surface area contributed by atoms with Crippen LogP contribution in [-0.2, 0) is 11.2 Å². The minimum absolute atomic E-state index is 0.0407. The SMILES string of the molecule is O=C(CC1CSCCN1)Nc1ccc(CCC(F)(F)F)cc1. The molecule has 1 amide bonds. The van der Waals surface area contributed by atoms with Crippen molar-refractivity contribution >= 4 is 23.4 Å². The van der Waals surface area contributed by atoms with E-state index in [1.54, 1.807) is 24.3 Å². The summed E-state index contributed by atoms with van der Waals surface area (Å²) in [5.74, 6) is 1.91. The van der Waals surface area contributed by atoms with E-state index in [0.29, 0.717) is 17.7 Å². The summed E-state index contributed by atoms with van der Waals surface area (Å²) in [5.41, 5.74) is 1.23. The summed E-state index contributed by atoms with van der Waals surface area (Å²) in [6.07, 6.45) is -4.61. The molecule has 0 aromatic heterocycles. The van der Waals surface area contributed by atoms with Crippen LogP contribution in [0, 0.1) is 0 Å². The van der Waals surface area contributed by atoms with Gasteiger partial charge in [0.1, 0.15) is 0 Å². The Kier molecular flexibility index (Phi) is 6.14. The number of hydrogen-bond donors (Lipinski definition) is 2. The average molecular weight is 332 g/mol. The molecule has 1 unspecified atom stereocenters. The number of amides is 1. The average Bonchev–Trinajstić information content (AvgIpc) is 2.47. The zero-order chi connectivity index (χ0) is 16.0. The summed E-state index contributed by atoms with van der Waals surface area (Å²) in [7, 11) is 0. The van der Waals surface area contributed by atoms with Gasteiger partial charge in [-0.25, -0.2) is 0 Å². The number of carbonyl (C=O) groups is 1. The first-order chi connectivity index (χ1) is 10.4. The molecule has 0 bridgehead atoms. The van der Waals surface area contributed by atoms with E-state index in [4.69, 9.17) is 0 Å². The van der Waals surface area contributed by atoms with E-state index in [0.717, 1.165) is 18.1 Å². The van der Waals surface area contributed by atoms with Crippen LogP contribution in [0.5, 0.6) is 0 Å². The van der Waals surface area contributed by atoms with E-state index < -0.39 is 12.6 Å². The Morgan fingerprint density at radius 3 is 2.64 bits per heavy atom. The Morgan fingerprint density at radius 2 is 2.05 bits per heavy atom. The van der Waals surface area contributed by atoms with Crippen LogP contribution >= 0.6 is 11.8 Å². The quantitative estimate of drug-likeness (QED) is 0.870. The number of rotatable bonds is 5. The van der Waals surface area contributed by atoms with Gasteiger partial charge in [0.2, 0.25) is 5.91 Å². The molecule has 1 atom stereocenters. The van der Waals surface area contributed by atoms with Crippen LogP contribution in [0.15, 0.2) is 24.3 Å². The largest absolute Gasteiger partial charge is 0.389 e. The van der Waals surface area contributed by atoms with Gasteiger partial charge in [0.25, 0.3) is 0 Å². The van der Waals surface area contributed by atoms with Crippen molar-refractivity contribution in [1.29, 1.82) is 0 Å². The number of hydrogen-bond acceptors (Lipinski definition) is 3. The standard InChI is InChI=1S/C15H19F3N2OS/c16-15(17,18)6-5-11-1-3-12(4-2-11)20-14(21)9-13-10-22-8-7-19-13/h1-4,13,19H,5-10H2,(H,20,21).